The lowest BCUT2D eigenvalue weighted by Gasteiger charge is -2.21. The van der Waals surface area contributed by atoms with E-state index in [2.05, 4.69) is 5.32 Å². The van der Waals surface area contributed by atoms with Crippen LogP contribution in [0.3, 0.4) is 0 Å². The van der Waals surface area contributed by atoms with Gasteiger partial charge in [-0.1, -0.05) is 36.4 Å². The van der Waals surface area contributed by atoms with Crippen LogP contribution in [0.15, 0.2) is 54.6 Å². The van der Waals surface area contributed by atoms with Crippen molar-refractivity contribution in [1.82, 2.24) is 10.2 Å². The fourth-order valence-corrected chi connectivity index (χ4v) is 2.50. The zero-order chi connectivity index (χ0) is 19.6. The smallest absolute Gasteiger partial charge is 0.323 e. The summed E-state index contributed by atoms with van der Waals surface area (Å²) in [6, 6.07) is 16.0. The largest absolute Gasteiger partial charge is 0.497 e. The van der Waals surface area contributed by atoms with Crippen LogP contribution in [0.4, 0.5) is 0 Å². The van der Waals surface area contributed by atoms with E-state index in [0.29, 0.717) is 17.7 Å². The van der Waals surface area contributed by atoms with Gasteiger partial charge in [0.15, 0.2) is 0 Å². The second-order valence-corrected chi connectivity index (χ2v) is 5.86. The van der Waals surface area contributed by atoms with Gasteiger partial charge in [0, 0.05) is 12.1 Å². The van der Waals surface area contributed by atoms with Gasteiger partial charge in [-0.2, -0.15) is 0 Å². The van der Waals surface area contributed by atoms with Gasteiger partial charge in [-0.15, -0.1) is 0 Å². The molecule has 0 unspecified atom stereocenters. The second-order valence-electron chi connectivity index (χ2n) is 5.86. The molecule has 0 atom stereocenters. The van der Waals surface area contributed by atoms with Crippen molar-refractivity contribution < 1.29 is 24.2 Å². The Morgan fingerprint density at radius 3 is 2.48 bits per heavy atom. The molecule has 0 spiro atoms. The van der Waals surface area contributed by atoms with Crippen LogP contribution < -0.4 is 10.1 Å². The van der Waals surface area contributed by atoms with Crippen molar-refractivity contribution in [1.29, 1.82) is 0 Å². The summed E-state index contributed by atoms with van der Waals surface area (Å²) >= 11 is 0. The topological polar surface area (TPSA) is 95.9 Å². The van der Waals surface area contributed by atoms with Gasteiger partial charge in [-0.05, 0) is 30.2 Å². The maximum Gasteiger partial charge on any atom is 0.323 e. The summed E-state index contributed by atoms with van der Waals surface area (Å²) in [5.74, 6) is -1.45. The lowest BCUT2D eigenvalue weighted by molar-refractivity contribution is -0.144. The Bertz CT molecular complexity index is 792. The van der Waals surface area contributed by atoms with Crippen LogP contribution in [-0.4, -0.2) is 54.5 Å². The predicted molar refractivity (Wildman–Crippen MR) is 99.7 cm³/mol. The van der Waals surface area contributed by atoms with Crippen molar-refractivity contribution in [3.63, 3.8) is 0 Å². The molecule has 2 rings (SSSR count). The van der Waals surface area contributed by atoms with E-state index in [1.165, 1.54) is 12.0 Å². The molecular weight excluding hydrogens is 348 g/mol. The van der Waals surface area contributed by atoms with Crippen molar-refractivity contribution in [3.8, 4) is 5.75 Å². The molecule has 0 heterocycles. The van der Waals surface area contributed by atoms with Crippen LogP contribution in [-0.2, 0) is 16.0 Å². The van der Waals surface area contributed by atoms with Crippen LogP contribution in [0.1, 0.15) is 15.9 Å². The van der Waals surface area contributed by atoms with Crippen molar-refractivity contribution in [2.75, 3.05) is 26.7 Å². The first-order valence-corrected chi connectivity index (χ1v) is 8.45. The quantitative estimate of drug-likeness (QED) is 0.699. The number of rotatable bonds is 9. The van der Waals surface area contributed by atoms with Gasteiger partial charge < -0.3 is 20.1 Å². The number of nitrogens with one attached hydrogen (secondary N) is 1. The molecule has 0 radical (unpaired) electrons. The minimum absolute atomic E-state index is 0.254. The Hall–Kier alpha value is -3.35. The molecule has 0 aliphatic carbocycles. The first-order valence-electron chi connectivity index (χ1n) is 8.45. The van der Waals surface area contributed by atoms with E-state index in [9.17, 15) is 14.4 Å². The van der Waals surface area contributed by atoms with E-state index in [1.807, 2.05) is 30.3 Å². The van der Waals surface area contributed by atoms with E-state index in [4.69, 9.17) is 9.84 Å². The first kappa shape index (κ1) is 20.0. The fourth-order valence-electron chi connectivity index (χ4n) is 2.50. The van der Waals surface area contributed by atoms with E-state index in [0.717, 1.165) is 5.56 Å². The van der Waals surface area contributed by atoms with Crippen molar-refractivity contribution in [3.05, 3.63) is 65.7 Å². The molecular formula is C20H22N2O5. The summed E-state index contributed by atoms with van der Waals surface area (Å²) in [5.41, 5.74) is 1.36. The summed E-state index contributed by atoms with van der Waals surface area (Å²) in [6.45, 7) is -0.441. The minimum Gasteiger partial charge on any atom is -0.497 e. The van der Waals surface area contributed by atoms with E-state index >= 15 is 0 Å². The number of carbonyl (C=O) groups is 3. The lowest BCUT2D eigenvalue weighted by Crippen LogP contribution is -2.43. The molecule has 0 aliphatic rings. The molecule has 0 aromatic heterocycles. The number of carboxylic acid groups (broad SMARTS) is 1. The molecule has 2 aromatic carbocycles. The van der Waals surface area contributed by atoms with Crippen LogP contribution >= 0.6 is 0 Å². The van der Waals surface area contributed by atoms with Gasteiger partial charge >= 0.3 is 5.97 Å². The zero-order valence-corrected chi connectivity index (χ0v) is 15.1. The highest BCUT2D eigenvalue weighted by atomic mass is 16.5. The Kier molecular flexibility index (Phi) is 7.37. The number of hydrogen-bond acceptors (Lipinski definition) is 4. The third kappa shape index (κ3) is 6.47. The average molecular weight is 370 g/mol. The van der Waals surface area contributed by atoms with Gasteiger partial charge in [-0.3, -0.25) is 14.4 Å². The third-order valence-electron chi connectivity index (χ3n) is 3.92. The molecule has 142 valence electrons. The number of carboxylic acids is 1. The molecule has 0 saturated heterocycles. The van der Waals surface area contributed by atoms with Gasteiger partial charge in [0.1, 0.15) is 12.3 Å². The number of carbonyl (C=O) groups excluding carboxylic acids is 2. The Labute approximate surface area is 157 Å². The number of amides is 2. The van der Waals surface area contributed by atoms with Crippen molar-refractivity contribution in [2.45, 2.75) is 6.42 Å². The van der Waals surface area contributed by atoms with E-state index < -0.39 is 24.3 Å². The van der Waals surface area contributed by atoms with Gasteiger partial charge in [0.25, 0.3) is 5.91 Å². The Morgan fingerprint density at radius 2 is 1.81 bits per heavy atom. The fraction of sp³-hybridized carbons (Fsp3) is 0.250. The number of nitrogens with zero attached hydrogens (tertiary/aromatic N) is 1. The molecule has 2 N–H and O–H groups in total. The molecule has 0 bridgehead atoms. The SMILES string of the molecule is COc1cccc(C(=O)NCC(=O)N(CCc2ccccc2)CC(=O)O)c1. The minimum atomic E-state index is -1.10. The highest BCUT2D eigenvalue weighted by Crippen LogP contribution is 2.12. The van der Waals surface area contributed by atoms with Crippen molar-refractivity contribution >= 4 is 17.8 Å². The standard InChI is InChI=1S/C20H22N2O5/c1-27-17-9-5-8-16(12-17)20(26)21-13-18(23)22(14-19(24)25)11-10-15-6-3-2-4-7-15/h2-9,12H,10-11,13-14H2,1H3,(H,21,26)(H,24,25). The van der Waals surface area contributed by atoms with E-state index in [1.54, 1.807) is 24.3 Å². The summed E-state index contributed by atoms with van der Waals surface area (Å²) in [7, 11) is 1.50. The number of hydrogen-bond donors (Lipinski definition) is 2. The number of aliphatic carboxylic acids is 1. The zero-order valence-electron chi connectivity index (χ0n) is 15.1. The molecule has 0 saturated carbocycles. The van der Waals surface area contributed by atoms with Gasteiger partial charge in [-0.25, -0.2) is 0 Å². The molecule has 0 fully saturated rings. The normalized spacial score (nSPS) is 10.1. The molecule has 27 heavy (non-hydrogen) atoms. The summed E-state index contributed by atoms with van der Waals surface area (Å²) < 4.78 is 5.07. The Balaban J connectivity index is 1.93. The molecule has 2 amide bonds. The third-order valence-corrected chi connectivity index (χ3v) is 3.92. The maximum absolute atomic E-state index is 12.4. The first-order chi connectivity index (χ1) is 13.0. The Morgan fingerprint density at radius 1 is 1.07 bits per heavy atom. The van der Waals surface area contributed by atoms with Gasteiger partial charge in [0.05, 0.1) is 13.7 Å². The number of benzene rings is 2. The summed E-state index contributed by atoms with van der Waals surface area (Å²) in [5, 5.41) is 11.6. The van der Waals surface area contributed by atoms with Crippen LogP contribution in [0.2, 0.25) is 0 Å². The molecule has 7 nitrogen and oxygen atoms in total. The van der Waals surface area contributed by atoms with Gasteiger partial charge in [0.2, 0.25) is 5.91 Å². The average Bonchev–Trinajstić information content (AvgIpc) is 2.69. The van der Waals surface area contributed by atoms with Crippen LogP contribution in [0.5, 0.6) is 5.75 Å². The predicted octanol–water partition coefficient (Wildman–Crippen LogP) is 1.58. The monoisotopic (exact) mass is 370 g/mol. The lowest BCUT2D eigenvalue weighted by atomic mass is 10.1. The van der Waals surface area contributed by atoms with E-state index in [-0.39, 0.29) is 13.1 Å². The maximum atomic E-state index is 12.4. The molecule has 0 aliphatic heterocycles. The highest BCUT2D eigenvalue weighted by Gasteiger charge is 2.18. The van der Waals surface area contributed by atoms with Crippen molar-refractivity contribution in [2.24, 2.45) is 0 Å². The highest BCUT2D eigenvalue weighted by molar-refractivity contribution is 5.97. The molecule has 7 heteroatoms. The molecule has 2 aromatic rings. The second kappa shape index (κ2) is 9.96. The summed E-state index contributed by atoms with van der Waals surface area (Å²) in [6.07, 6.45) is 0.531. The summed E-state index contributed by atoms with van der Waals surface area (Å²) in [4.78, 5) is 36.9. The number of ether oxygens (including phenoxy) is 1. The van der Waals surface area contributed by atoms with Crippen LogP contribution in [0.25, 0.3) is 0 Å². The van der Waals surface area contributed by atoms with Crippen LogP contribution in [0, 0.1) is 0 Å². The number of methoxy groups -OCH3 is 1.